The Labute approximate surface area is 94.1 Å². The molecule has 1 aromatic carbocycles. The highest BCUT2D eigenvalue weighted by molar-refractivity contribution is 5.59. The molecule has 0 radical (unpaired) electrons. The number of benzene rings is 1. The molecule has 0 saturated heterocycles. The van der Waals surface area contributed by atoms with Gasteiger partial charge in [0.25, 0.3) is 0 Å². The predicted octanol–water partition coefficient (Wildman–Crippen LogP) is 1.53. The van der Waals surface area contributed by atoms with Crippen molar-refractivity contribution in [2.75, 3.05) is 19.5 Å². The van der Waals surface area contributed by atoms with Crippen LogP contribution in [0.1, 0.15) is 0 Å². The summed E-state index contributed by atoms with van der Waals surface area (Å²) in [6.07, 6.45) is 0. The lowest BCUT2D eigenvalue weighted by Crippen LogP contribution is -1.95. The van der Waals surface area contributed by atoms with E-state index in [-0.39, 0.29) is 0 Å². The number of aromatic nitrogens is 3. The van der Waals surface area contributed by atoms with Gasteiger partial charge in [0.1, 0.15) is 5.75 Å². The molecule has 1 N–H and O–H groups in total. The number of ether oxygens (including phenoxy) is 1. The van der Waals surface area contributed by atoms with Gasteiger partial charge in [-0.05, 0) is 12.1 Å². The fraction of sp³-hybridized carbons (Fsp3) is 0.273. The molecule has 0 aliphatic carbocycles. The van der Waals surface area contributed by atoms with Crippen molar-refractivity contribution < 1.29 is 4.74 Å². The molecule has 2 aromatic rings. The van der Waals surface area contributed by atoms with E-state index in [1.165, 1.54) is 0 Å². The zero-order chi connectivity index (χ0) is 11.5. The van der Waals surface area contributed by atoms with Gasteiger partial charge in [-0.2, -0.15) is 4.98 Å². The van der Waals surface area contributed by atoms with Crippen molar-refractivity contribution in [1.82, 2.24) is 14.8 Å². The molecule has 0 bridgehead atoms. The number of nitrogens with zero attached hydrogens (tertiary/aromatic N) is 3. The van der Waals surface area contributed by atoms with Crippen LogP contribution in [0.4, 0.5) is 5.95 Å². The zero-order valence-electron chi connectivity index (χ0n) is 9.56. The van der Waals surface area contributed by atoms with Crippen molar-refractivity contribution >= 4 is 5.95 Å². The highest BCUT2D eigenvalue weighted by Gasteiger charge is 2.08. The first-order chi connectivity index (χ1) is 7.74. The largest absolute Gasteiger partial charge is 0.497 e. The topological polar surface area (TPSA) is 52.0 Å². The Bertz CT molecular complexity index is 492. The molecule has 2 rings (SSSR count). The smallest absolute Gasteiger partial charge is 0.242 e. The first-order valence-corrected chi connectivity index (χ1v) is 4.98. The van der Waals surface area contributed by atoms with Crippen LogP contribution in [0, 0.1) is 0 Å². The number of aryl methyl sites for hydroxylation is 1. The molecule has 0 saturated carbocycles. The highest BCUT2D eigenvalue weighted by atomic mass is 16.5. The molecule has 5 heteroatoms. The van der Waals surface area contributed by atoms with Crippen molar-refractivity contribution in [2.24, 2.45) is 7.05 Å². The third kappa shape index (κ3) is 1.84. The predicted molar refractivity (Wildman–Crippen MR) is 62.5 cm³/mol. The van der Waals surface area contributed by atoms with Crippen molar-refractivity contribution in [3.63, 3.8) is 0 Å². The van der Waals surface area contributed by atoms with Crippen molar-refractivity contribution in [1.29, 1.82) is 0 Å². The van der Waals surface area contributed by atoms with E-state index in [9.17, 15) is 0 Å². The number of rotatable bonds is 3. The van der Waals surface area contributed by atoms with Gasteiger partial charge in [-0.3, -0.25) is 0 Å². The number of hydrogen-bond donors (Lipinski definition) is 1. The molecule has 0 unspecified atom stereocenters. The maximum absolute atomic E-state index is 5.18. The standard InChI is InChI=1S/C11H14N4O/c1-12-11-13-10(15(2)14-11)8-5-4-6-9(7-8)16-3/h4-7H,1-3H3,(H,12,14). The normalized spacial score (nSPS) is 10.2. The second kappa shape index (κ2) is 4.22. The maximum atomic E-state index is 5.18. The Kier molecular flexibility index (Phi) is 2.76. The molecule has 0 amide bonds. The minimum Gasteiger partial charge on any atom is -0.497 e. The Morgan fingerprint density at radius 1 is 1.38 bits per heavy atom. The summed E-state index contributed by atoms with van der Waals surface area (Å²) in [4.78, 5) is 4.36. The molecule has 1 heterocycles. The Morgan fingerprint density at radius 3 is 2.81 bits per heavy atom. The van der Waals surface area contributed by atoms with E-state index >= 15 is 0 Å². The molecule has 0 aliphatic heterocycles. The molecule has 0 aliphatic rings. The minimum absolute atomic E-state index is 0.611. The minimum atomic E-state index is 0.611. The van der Waals surface area contributed by atoms with Gasteiger partial charge in [0.2, 0.25) is 5.95 Å². The average Bonchev–Trinajstić information content (AvgIpc) is 2.71. The first kappa shape index (κ1) is 10.5. The van der Waals surface area contributed by atoms with Crippen molar-refractivity contribution in [2.45, 2.75) is 0 Å². The van der Waals surface area contributed by atoms with E-state index in [1.54, 1.807) is 18.8 Å². The van der Waals surface area contributed by atoms with Gasteiger partial charge < -0.3 is 10.1 Å². The fourth-order valence-corrected chi connectivity index (χ4v) is 1.50. The van der Waals surface area contributed by atoms with E-state index in [0.717, 1.165) is 17.1 Å². The van der Waals surface area contributed by atoms with Crippen LogP contribution in [0.5, 0.6) is 5.75 Å². The third-order valence-corrected chi connectivity index (χ3v) is 2.31. The number of anilines is 1. The molecule has 0 fully saturated rings. The van der Waals surface area contributed by atoms with Crippen LogP contribution >= 0.6 is 0 Å². The van der Waals surface area contributed by atoms with Gasteiger partial charge in [0.05, 0.1) is 7.11 Å². The molecule has 0 atom stereocenters. The van der Waals surface area contributed by atoms with Crippen LogP contribution in [0.15, 0.2) is 24.3 Å². The SMILES string of the molecule is CNc1nc(-c2cccc(OC)c2)n(C)n1. The van der Waals surface area contributed by atoms with Gasteiger partial charge in [-0.15, -0.1) is 5.10 Å². The Balaban J connectivity index is 2.45. The molecular formula is C11H14N4O. The number of nitrogens with one attached hydrogen (secondary N) is 1. The molecular weight excluding hydrogens is 204 g/mol. The summed E-state index contributed by atoms with van der Waals surface area (Å²) >= 11 is 0. The van der Waals surface area contributed by atoms with Crippen LogP contribution in [0.2, 0.25) is 0 Å². The summed E-state index contributed by atoms with van der Waals surface area (Å²) in [7, 11) is 5.31. The molecule has 16 heavy (non-hydrogen) atoms. The second-order valence-corrected chi connectivity index (χ2v) is 3.36. The molecule has 84 valence electrons. The Hall–Kier alpha value is -2.04. The third-order valence-electron chi connectivity index (χ3n) is 2.31. The molecule has 0 spiro atoms. The van der Waals surface area contributed by atoms with Gasteiger partial charge in [-0.1, -0.05) is 12.1 Å². The highest BCUT2D eigenvalue weighted by Crippen LogP contribution is 2.22. The van der Waals surface area contributed by atoms with E-state index in [0.29, 0.717) is 5.95 Å². The van der Waals surface area contributed by atoms with E-state index in [2.05, 4.69) is 15.4 Å². The summed E-state index contributed by atoms with van der Waals surface area (Å²) in [6, 6.07) is 7.75. The summed E-state index contributed by atoms with van der Waals surface area (Å²) in [5.74, 6) is 2.23. The van der Waals surface area contributed by atoms with Crippen LogP contribution in [-0.2, 0) is 7.05 Å². The zero-order valence-corrected chi connectivity index (χ0v) is 9.56. The summed E-state index contributed by atoms with van der Waals surface area (Å²) < 4.78 is 6.91. The van der Waals surface area contributed by atoms with Crippen LogP contribution in [-0.4, -0.2) is 28.9 Å². The van der Waals surface area contributed by atoms with Crippen molar-refractivity contribution in [3.05, 3.63) is 24.3 Å². The van der Waals surface area contributed by atoms with E-state index in [1.807, 2.05) is 31.3 Å². The quantitative estimate of drug-likeness (QED) is 0.848. The van der Waals surface area contributed by atoms with Gasteiger partial charge >= 0.3 is 0 Å². The summed E-state index contributed by atoms with van der Waals surface area (Å²) in [5, 5.41) is 7.13. The van der Waals surface area contributed by atoms with Crippen molar-refractivity contribution in [3.8, 4) is 17.1 Å². The summed E-state index contributed by atoms with van der Waals surface area (Å²) in [5.41, 5.74) is 0.982. The molecule has 1 aromatic heterocycles. The van der Waals surface area contributed by atoms with Gasteiger partial charge in [0, 0.05) is 19.7 Å². The average molecular weight is 218 g/mol. The summed E-state index contributed by atoms with van der Waals surface area (Å²) in [6.45, 7) is 0. The number of methoxy groups -OCH3 is 1. The van der Waals surface area contributed by atoms with Crippen LogP contribution in [0.3, 0.4) is 0 Å². The van der Waals surface area contributed by atoms with E-state index < -0.39 is 0 Å². The number of hydrogen-bond acceptors (Lipinski definition) is 4. The lowest BCUT2D eigenvalue weighted by molar-refractivity contribution is 0.415. The fourth-order valence-electron chi connectivity index (χ4n) is 1.50. The van der Waals surface area contributed by atoms with Gasteiger partial charge in [0.15, 0.2) is 5.82 Å². The first-order valence-electron chi connectivity index (χ1n) is 4.98. The van der Waals surface area contributed by atoms with E-state index in [4.69, 9.17) is 4.74 Å². The second-order valence-electron chi connectivity index (χ2n) is 3.36. The molecule has 5 nitrogen and oxygen atoms in total. The van der Waals surface area contributed by atoms with Crippen LogP contribution in [0.25, 0.3) is 11.4 Å². The Morgan fingerprint density at radius 2 is 2.19 bits per heavy atom. The lowest BCUT2D eigenvalue weighted by Gasteiger charge is -2.02. The van der Waals surface area contributed by atoms with Crippen LogP contribution < -0.4 is 10.1 Å². The van der Waals surface area contributed by atoms with Gasteiger partial charge in [-0.25, -0.2) is 4.68 Å². The monoisotopic (exact) mass is 218 g/mol. The lowest BCUT2D eigenvalue weighted by atomic mass is 10.2. The maximum Gasteiger partial charge on any atom is 0.242 e.